The van der Waals surface area contributed by atoms with Crippen LogP contribution in [0.1, 0.15) is 32.6 Å². The fourth-order valence-corrected chi connectivity index (χ4v) is 4.33. The van der Waals surface area contributed by atoms with Crippen LogP contribution in [0.25, 0.3) is 0 Å². The van der Waals surface area contributed by atoms with Crippen molar-refractivity contribution in [2.45, 2.75) is 44.7 Å². The maximum Gasteiger partial charge on any atom is 0.191 e. The lowest BCUT2D eigenvalue weighted by Gasteiger charge is -2.28. The topological polar surface area (TPSA) is 61.4 Å². The molecule has 30 heavy (non-hydrogen) atoms. The number of hydrogen-bond acceptors (Lipinski definition) is 5. The second kappa shape index (κ2) is 12.4. The minimum absolute atomic E-state index is 0. The van der Waals surface area contributed by atoms with E-state index in [9.17, 15) is 0 Å². The molecule has 0 aliphatic carbocycles. The summed E-state index contributed by atoms with van der Waals surface area (Å²) in [4.78, 5) is 9.43. The van der Waals surface area contributed by atoms with E-state index in [1.54, 1.807) is 14.2 Å². The summed E-state index contributed by atoms with van der Waals surface area (Å²) in [5.74, 6) is 2.54. The third-order valence-corrected chi connectivity index (χ3v) is 6.09. The Morgan fingerprint density at radius 2 is 1.80 bits per heavy atom. The Morgan fingerprint density at radius 3 is 2.37 bits per heavy atom. The summed E-state index contributed by atoms with van der Waals surface area (Å²) < 4.78 is 10.8. The lowest BCUT2D eigenvalue weighted by Crippen LogP contribution is -2.49. The number of nitrogens with one attached hydrogen (secondary N) is 2. The monoisotopic (exact) mass is 531 g/mol. The fourth-order valence-electron chi connectivity index (χ4n) is 4.33. The highest BCUT2D eigenvalue weighted by molar-refractivity contribution is 14.0. The molecular formula is C22H38IN5O2. The van der Waals surface area contributed by atoms with Crippen molar-refractivity contribution in [3.05, 3.63) is 18.2 Å². The third kappa shape index (κ3) is 6.54. The van der Waals surface area contributed by atoms with Crippen molar-refractivity contribution in [1.82, 2.24) is 15.5 Å². The number of hydrogen-bond donors (Lipinski definition) is 2. The summed E-state index contributed by atoms with van der Waals surface area (Å²) in [6.07, 6.45) is 4.90. The van der Waals surface area contributed by atoms with Gasteiger partial charge >= 0.3 is 0 Å². The number of ether oxygens (including phenoxy) is 2. The van der Waals surface area contributed by atoms with Crippen LogP contribution in [0.15, 0.2) is 23.2 Å². The zero-order valence-corrected chi connectivity index (χ0v) is 21.1. The van der Waals surface area contributed by atoms with Gasteiger partial charge in [0.15, 0.2) is 5.96 Å². The Hall–Kier alpha value is -1.42. The normalized spacial score (nSPS) is 20.6. The average Bonchev–Trinajstić information content (AvgIpc) is 3.45. The molecule has 2 aliphatic rings. The molecule has 0 bridgehead atoms. The minimum Gasteiger partial charge on any atom is -0.497 e. The highest BCUT2D eigenvalue weighted by atomic mass is 127. The van der Waals surface area contributed by atoms with E-state index in [1.165, 1.54) is 32.4 Å². The number of nitrogens with zero attached hydrogens (tertiary/aromatic N) is 3. The van der Waals surface area contributed by atoms with E-state index in [4.69, 9.17) is 9.47 Å². The largest absolute Gasteiger partial charge is 0.497 e. The fraction of sp³-hybridized carbons (Fsp3) is 0.682. The molecule has 170 valence electrons. The summed E-state index contributed by atoms with van der Waals surface area (Å²) in [5, 5.41) is 7.16. The van der Waals surface area contributed by atoms with Gasteiger partial charge in [0, 0.05) is 62.7 Å². The van der Waals surface area contributed by atoms with Crippen LogP contribution in [0.5, 0.6) is 11.5 Å². The molecule has 2 unspecified atom stereocenters. The molecule has 0 amide bonds. The van der Waals surface area contributed by atoms with E-state index in [0.29, 0.717) is 12.1 Å². The molecule has 1 aromatic carbocycles. The summed E-state index contributed by atoms with van der Waals surface area (Å²) in [6, 6.07) is 7.00. The van der Waals surface area contributed by atoms with Gasteiger partial charge in [-0.15, -0.1) is 24.0 Å². The van der Waals surface area contributed by atoms with Crippen molar-refractivity contribution in [2.75, 3.05) is 58.9 Å². The van der Waals surface area contributed by atoms with E-state index in [2.05, 4.69) is 44.5 Å². The maximum atomic E-state index is 5.42. The van der Waals surface area contributed by atoms with E-state index in [-0.39, 0.29) is 24.0 Å². The van der Waals surface area contributed by atoms with Crippen LogP contribution >= 0.6 is 24.0 Å². The average molecular weight is 531 g/mol. The van der Waals surface area contributed by atoms with E-state index < -0.39 is 0 Å². The third-order valence-electron chi connectivity index (χ3n) is 6.09. The maximum absolute atomic E-state index is 5.42. The zero-order valence-electron chi connectivity index (χ0n) is 18.8. The Morgan fingerprint density at radius 1 is 1.13 bits per heavy atom. The molecule has 0 radical (unpaired) electrons. The van der Waals surface area contributed by atoms with Crippen molar-refractivity contribution in [2.24, 2.45) is 4.99 Å². The quantitative estimate of drug-likeness (QED) is 0.306. The molecule has 2 N–H and O–H groups in total. The predicted molar refractivity (Wildman–Crippen MR) is 135 cm³/mol. The van der Waals surface area contributed by atoms with Crippen LogP contribution in [0, 0.1) is 0 Å². The number of aliphatic imine (C=N–C) groups is 1. The molecule has 7 nitrogen and oxygen atoms in total. The van der Waals surface area contributed by atoms with Crippen LogP contribution < -0.4 is 25.0 Å². The second-order valence-corrected chi connectivity index (χ2v) is 7.91. The van der Waals surface area contributed by atoms with E-state index in [0.717, 1.165) is 49.2 Å². The number of anilines is 1. The van der Waals surface area contributed by atoms with Gasteiger partial charge in [0.25, 0.3) is 0 Å². The summed E-state index contributed by atoms with van der Waals surface area (Å²) in [5.41, 5.74) is 1.13. The van der Waals surface area contributed by atoms with Crippen LogP contribution in [0.2, 0.25) is 0 Å². The molecule has 0 spiro atoms. The van der Waals surface area contributed by atoms with Crippen LogP contribution in [-0.2, 0) is 0 Å². The standard InChI is InChI=1S/C22H37N5O2.HI/c1-5-18(26-9-6-7-10-26)15-24-22(23-2)25-17-8-11-27(16-17)19-12-20(28-3)14-21(13-19)29-4;/h12-14,17-18H,5-11,15-16H2,1-4H3,(H2,23,24,25);1H. The number of likely N-dealkylation sites (tertiary alicyclic amines) is 1. The second-order valence-electron chi connectivity index (χ2n) is 7.91. The van der Waals surface area contributed by atoms with Gasteiger partial charge in [0.2, 0.25) is 0 Å². The summed E-state index contributed by atoms with van der Waals surface area (Å²) in [6.45, 7) is 7.61. The Labute approximate surface area is 198 Å². The van der Waals surface area contributed by atoms with Crippen LogP contribution in [0.4, 0.5) is 5.69 Å². The van der Waals surface area contributed by atoms with Gasteiger partial charge < -0.3 is 25.0 Å². The summed E-state index contributed by atoms with van der Waals surface area (Å²) >= 11 is 0. The molecule has 2 atom stereocenters. The van der Waals surface area contributed by atoms with Gasteiger partial charge in [-0.3, -0.25) is 9.89 Å². The van der Waals surface area contributed by atoms with Gasteiger partial charge in [-0.25, -0.2) is 0 Å². The van der Waals surface area contributed by atoms with Gasteiger partial charge in [0.05, 0.1) is 14.2 Å². The highest BCUT2D eigenvalue weighted by Crippen LogP contribution is 2.30. The Balaban J connectivity index is 0.00000320. The molecule has 2 aliphatic heterocycles. The molecule has 0 saturated carbocycles. The van der Waals surface area contributed by atoms with Crippen molar-refractivity contribution >= 4 is 35.6 Å². The number of guanidine groups is 1. The minimum atomic E-state index is 0. The van der Waals surface area contributed by atoms with Crippen molar-refractivity contribution in [1.29, 1.82) is 0 Å². The van der Waals surface area contributed by atoms with E-state index >= 15 is 0 Å². The first-order valence-corrected chi connectivity index (χ1v) is 10.9. The first-order chi connectivity index (χ1) is 14.2. The SMILES string of the molecule is CCC(CNC(=NC)NC1CCN(c2cc(OC)cc(OC)c2)C1)N1CCCC1.I. The molecule has 0 aromatic heterocycles. The lowest BCUT2D eigenvalue weighted by molar-refractivity contribution is 0.236. The van der Waals surface area contributed by atoms with Gasteiger partial charge in [-0.1, -0.05) is 6.92 Å². The Bertz CT molecular complexity index is 659. The van der Waals surface area contributed by atoms with Crippen molar-refractivity contribution in [3.8, 4) is 11.5 Å². The predicted octanol–water partition coefficient (Wildman–Crippen LogP) is 2.94. The Kier molecular flexibility index (Phi) is 10.3. The van der Waals surface area contributed by atoms with Crippen LogP contribution in [-0.4, -0.2) is 76.9 Å². The molecule has 1 aromatic rings. The van der Waals surface area contributed by atoms with Gasteiger partial charge in [-0.2, -0.15) is 0 Å². The van der Waals surface area contributed by atoms with Gasteiger partial charge in [0.1, 0.15) is 11.5 Å². The van der Waals surface area contributed by atoms with Gasteiger partial charge in [-0.05, 0) is 38.8 Å². The molecule has 3 rings (SSSR count). The highest BCUT2D eigenvalue weighted by Gasteiger charge is 2.25. The molecule has 2 saturated heterocycles. The molecular weight excluding hydrogens is 493 g/mol. The summed E-state index contributed by atoms with van der Waals surface area (Å²) in [7, 11) is 5.23. The zero-order chi connectivity index (χ0) is 20.6. The number of benzene rings is 1. The smallest absolute Gasteiger partial charge is 0.191 e. The molecule has 8 heteroatoms. The first kappa shape index (κ1) is 24.8. The van der Waals surface area contributed by atoms with Crippen molar-refractivity contribution < 1.29 is 9.47 Å². The molecule has 2 heterocycles. The molecule has 2 fully saturated rings. The first-order valence-electron chi connectivity index (χ1n) is 10.9. The number of halogens is 1. The number of methoxy groups -OCH3 is 2. The number of rotatable bonds is 8. The van der Waals surface area contributed by atoms with Crippen molar-refractivity contribution in [3.63, 3.8) is 0 Å². The van der Waals surface area contributed by atoms with Crippen LogP contribution in [0.3, 0.4) is 0 Å². The lowest BCUT2D eigenvalue weighted by atomic mass is 10.2. The van der Waals surface area contributed by atoms with E-state index in [1.807, 2.05) is 13.1 Å².